The third kappa shape index (κ3) is 2.86. The van der Waals surface area contributed by atoms with Gasteiger partial charge in [0.15, 0.2) is 0 Å². The van der Waals surface area contributed by atoms with Crippen LogP contribution in [0.15, 0.2) is 53.0 Å². The normalized spacial score (nSPS) is 18.7. The Morgan fingerprint density at radius 1 is 1.19 bits per heavy atom. The highest BCUT2D eigenvalue weighted by Gasteiger charge is 2.37. The number of likely N-dealkylation sites (tertiary alicyclic amines) is 1. The molecule has 1 saturated heterocycles. The first-order valence-electron chi connectivity index (χ1n) is 9.28. The fourth-order valence-corrected chi connectivity index (χ4v) is 4.35. The van der Waals surface area contributed by atoms with Gasteiger partial charge in [0.2, 0.25) is 5.91 Å². The first-order chi connectivity index (χ1) is 12.6. The first-order valence-corrected chi connectivity index (χ1v) is 10.1. The van der Waals surface area contributed by atoms with E-state index in [1.807, 2.05) is 0 Å². The molecule has 0 spiro atoms. The van der Waals surface area contributed by atoms with Crippen LogP contribution in [0.3, 0.4) is 0 Å². The molecule has 0 radical (unpaired) electrons. The van der Waals surface area contributed by atoms with E-state index in [0.717, 1.165) is 34.1 Å². The molecule has 0 unspecified atom stereocenters. The van der Waals surface area contributed by atoms with Crippen molar-refractivity contribution < 1.29 is 4.79 Å². The monoisotopic (exact) mass is 410 g/mol. The van der Waals surface area contributed by atoms with Crippen molar-refractivity contribution in [1.82, 2.24) is 9.88 Å². The Morgan fingerprint density at radius 2 is 1.92 bits per heavy atom. The molecular formula is C22H23BrN2O. The van der Waals surface area contributed by atoms with Crippen LogP contribution >= 0.6 is 15.9 Å². The summed E-state index contributed by atoms with van der Waals surface area (Å²) in [6.45, 7) is 4.31. The summed E-state index contributed by atoms with van der Waals surface area (Å²) < 4.78 is 1.07. The lowest BCUT2D eigenvalue weighted by molar-refractivity contribution is -0.131. The number of rotatable bonds is 4. The number of carbonyl (C=O) groups is 1. The summed E-state index contributed by atoms with van der Waals surface area (Å²) in [6.07, 6.45) is 2.49. The molecule has 3 aromatic rings. The number of aromatic amines is 1. The van der Waals surface area contributed by atoms with Crippen LogP contribution in [0.5, 0.6) is 0 Å². The minimum atomic E-state index is 0.132. The molecule has 0 bridgehead atoms. The fraction of sp³-hybridized carbons (Fsp3) is 0.318. The molecule has 1 amide bonds. The molecular weight excluding hydrogens is 388 g/mol. The van der Waals surface area contributed by atoms with Gasteiger partial charge in [-0.05, 0) is 43.5 Å². The maximum Gasteiger partial charge on any atom is 0.223 e. The summed E-state index contributed by atoms with van der Waals surface area (Å²) in [5, 5.41) is 1.22. The van der Waals surface area contributed by atoms with Crippen molar-refractivity contribution in [2.75, 3.05) is 0 Å². The van der Waals surface area contributed by atoms with Crippen molar-refractivity contribution in [2.24, 2.45) is 0 Å². The van der Waals surface area contributed by atoms with Crippen molar-refractivity contribution in [3.05, 3.63) is 58.6 Å². The van der Waals surface area contributed by atoms with E-state index in [-0.39, 0.29) is 18.0 Å². The number of nitrogens with zero attached hydrogens (tertiary/aromatic N) is 1. The maximum atomic E-state index is 12.6. The highest BCUT2D eigenvalue weighted by molar-refractivity contribution is 9.10. The SMILES string of the molecule is CC[C@H](C)N1C(=O)CC[C@H]1c1c(-c2ccc(Br)cc2)[nH]c2ccccc12. The van der Waals surface area contributed by atoms with E-state index in [2.05, 4.69) is 88.2 Å². The third-order valence-electron chi connectivity index (χ3n) is 5.53. The van der Waals surface area contributed by atoms with Crippen LogP contribution in [-0.2, 0) is 4.79 Å². The standard InChI is InChI=1S/C22H23BrN2O/c1-3-14(2)25-19(12-13-20(25)26)21-17-6-4-5-7-18(17)24-22(21)15-8-10-16(23)11-9-15/h4-11,14,19,24H,3,12-13H2,1-2H3/t14-,19-/m0/s1. The number of hydrogen-bond donors (Lipinski definition) is 1. The number of fused-ring (bicyclic) bond motifs is 1. The lowest BCUT2D eigenvalue weighted by atomic mass is 9.96. The Kier molecular flexibility index (Phi) is 4.62. The number of nitrogens with one attached hydrogen (secondary N) is 1. The molecule has 4 heteroatoms. The van der Waals surface area contributed by atoms with Gasteiger partial charge in [0.25, 0.3) is 0 Å². The van der Waals surface area contributed by atoms with Crippen LogP contribution < -0.4 is 0 Å². The van der Waals surface area contributed by atoms with Crippen molar-refractivity contribution >= 4 is 32.7 Å². The Labute approximate surface area is 162 Å². The van der Waals surface area contributed by atoms with Crippen molar-refractivity contribution in [1.29, 1.82) is 0 Å². The summed E-state index contributed by atoms with van der Waals surface area (Å²) >= 11 is 3.52. The van der Waals surface area contributed by atoms with Gasteiger partial charge in [-0.25, -0.2) is 0 Å². The molecule has 26 heavy (non-hydrogen) atoms. The van der Waals surface area contributed by atoms with E-state index < -0.39 is 0 Å². The summed E-state index contributed by atoms with van der Waals surface area (Å²) in [6, 6.07) is 17.2. The molecule has 2 aromatic carbocycles. The fourth-order valence-electron chi connectivity index (χ4n) is 4.09. The molecule has 0 aliphatic carbocycles. The predicted molar refractivity (Wildman–Crippen MR) is 110 cm³/mol. The van der Waals surface area contributed by atoms with E-state index >= 15 is 0 Å². The van der Waals surface area contributed by atoms with Gasteiger partial charge >= 0.3 is 0 Å². The van der Waals surface area contributed by atoms with Crippen LogP contribution in [0, 0.1) is 0 Å². The Balaban J connectivity index is 1.92. The topological polar surface area (TPSA) is 36.1 Å². The summed E-state index contributed by atoms with van der Waals surface area (Å²) in [5.41, 5.74) is 4.67. The van der Waals surface area contributed by atoms with Gasteiger partial charge in [-0.3, -0.25) is 4.79 Å². The van der Waals surface area contributed by atoms with Crippen LogP contribution in [-0.4, -0.2) is 21.8 Å². The molecule has 134 valence electrons. The number of halogens is 1. The van der Waals surface area contributed by atoms with E-state index in [0.29, 0.717) is 6.42 Å². The summed E-state index contributed by atoms with van der Waals surface area (Å²) in [7, 11) is 0. The van der Waals surface area contributed by atoms with Crippen molar-refractivity contribution in [3.8, 4) is 11.3 Å². The third-order valence-corrected chi connectivity index (χ3v) is 6.06. The van der Waals surface area contributed by atoms with E-state index in [1.165, 1.54) is 10.9 Å². The van der Waals surface area contributed by atoms with Crippen molar-refractivity contribution in [2.45, 2.75) is 45.2 Å². The molecule has 1 aliphatic heterocycles. The molecule has 3 nitrogen and oxygen atoms in total. The quantitative estimate of drug-likeness (QED) is 0.557. The van der Waals surface area contributed by atoms with Gasteiger partial charge < -0.3 is 9.88 Å². The molecule has 1 fully saturated rings. The van der Waals surface area contributed by atoms with E-state index in [4.69, 9.17) is 0 Å². The Hall–Kier alpha value is -2.07. The number of carbonyl (C=O) groups excluding carboxylic acids is 1. The maximum absolute atomic E-state index is 12.6. The van der Waals surface area contributed by atoms with Gasteiger partial charge in [0, 0.05) is 33.4 Å². The number of H-pyrrole nitrogens is 1. The lowest BCUT2D eigenvalue weighted by Crippen LogP contribution is -2.35. The second-order valence-electron chi connectivity index (χ2n) is 7.08. The highest BCUT2D eigenvalue weighted by atomic mass is 79.9. The molecule has 1 N–H and O–H groups in total. The van der Waals surface area contributed by atoms with Gasteiger partial charge in [-0.2, -0.15) is 0 Å². The van der Waals surface area contributed by atoms with Crippen molar-refractivity contribution in [3.63, 3.8) is 0 Å². The molecule has 2 heterocycles. The van der Waals surface area contributed by atoms with Crippen LogP contribution in [0.25, 0.3) is 22.2 Å². The second-order valence-corrected chi connectivity index (χ2v) is 7.99. The highest BCUT2D eigenvalue weighted by Crippen LogP contribution is 2.43. The zero-order chi connectivity index (χ0) is 18.3. The lowest BCUT2D eigenvalue weighted by Gasteiger charge is -2.31. The minimum Gasteiger partial charge on any atom is -0.354 e. The van der Waals surface area contributed by atoms with Gasteiger partial charge in [-0.15, -0.1) is 0 Å². The van der Waals surface area contributed by atoms with Crippen LogP contribution in [0.2, 0.25) is 0 Å². The summed E-state index contributed by atoms with van der Waals surface area (Å²) in [4.78, 5) is 18.3. The summed E-state index contributed by atoms with van der Waals surface area (Å²) in [5.74, 6) is 0.274. The minimum absolute atomic E-state index is 0.132. The average Bonchev–Trinajstić information content (AvgIpc) is 3.22. The molecule has 1 aliphatic rings. The largest absolute Gasteiger partial charge is 0.354 e. The smallest absolute Gasteiger partial charge is 0.223 e. The Bertz CT molecular complexity index is 944. The van der Waals surface area contributed by atoms with E-state index in [1.54, 1.807) is 0 Å². The molecule has 2 atom stereocenters. The second kappa shape index (κ2) is 6.92. The number of para-hydroxylation sites is 1. The Morgan fingerprint density at radius 3 is 2.65 bits per heavy atom. The van der Waals surface area contributed by atoms with Gasteiger partial charge in [-0.1, -0.05) is 53.2 Å². The number of hydrogen-bond acceptors (Lipinski definition) is 1. The van der Waals surface area contributed by atoms with E-state index in [9.17, 15) is 4.79 Å². The van der Waals surface area contributed by atoms with Gasteiger partial charge in [0.1, 0.15) is 0 Å². The molecule has 4 rings (SSSR count). The number of benzene rings is 2. The zero-order valence-corrected chi connectivity index (χ0v) is 16.7. The number of amides is 1. The number of aromatic nitrogens is 1. The predicted octanol–water partition coefficient (Wildman–Crippen LogP) is 6.06. The zero-order valence-electron chi connectivity index (χ0n) is 15.1. The molecule has 0 saturated carbocycles. The van der Waals surface area contributed by atoms with Crippen LogP contribution in [0.1, 0.15) is 44.7 Å². The average molecular weight is 411 g/mol. The first kappa shape index (κ1) is 17.3. The molecule has 1 aromatic heterocycles. The van der Waals surface area contributed by atoms with Crippen LogP contribution in [0.4, 0.5) is 0 Å². The van der Waals surface area contributed by atoms with Gasteiger partial charge in [0.05, 0.1) is 11.7 Å².